The van der Waals surface area contributed by atoms with Gasteiger partial charge in [0.2, 0.25) is 0 Å². The summed E-state index contributed by atoms with van der Waals surface area (Å²) in [6.45, 7) is 4.21. The average Bonchev–Trinajstić information content (AvgIpc) is 3.05. The highest BCUT2D eigenvalue weighted by atomic mass is 32.2. The normalized spacial score (nSPS) is 22.7. The van der Waals surface area contributed by atoms with Crippen LogP contribution in [0.4, 0.5) is 0 Å². The Morgan fingerprint density at radius 3 is 2.89 bits per heavy atom. The van der Waals surface area contributed by atoms with Crippen LogP contribution in [0, 0.1) is 18.3 Å². The Labute approximate surface area is 165 Å². The fourth-order valence-electron chi connectivity index (χ4n) is 3.61. The summed E-state index contributed by atoms with van der Waals surface area (Å²) in [5.74, 6) is 0. The summed E-state index contributed by atoms with van der Waals surface area (Å²) < 4.78 is 38.6. The second-order valence-electron chi connectivity index (χ2n) is 7.40. The highest BCUT2D eigenvalue weighted by Crippen LogP contribution is 2.42. The van der Waals surface area contributed by atoms with Crippen molar-refractivity contribution in [3.63, 3.8) is 0 Å². The minimum absolute atomic E-state index is 0.176. The molecule has 2 atom stereocenters. The molecule has 0 spiro atoms. The number of rotatable bonds is 6. The van der Waals surface area contributed by atoms with Crippen molar-refractivity contribution in [1.29, 1.82) is 5.26 Å². The number of hydrogen-bond acceptors (Lipinski definition) is 6. The number of benzene rings is 1. The zero-order valence-corrected chi connectivity index (χ0v) is 17.2. The fraction of sp³-hybridized carbons (Fsp3) is 0.500. The molecule has 0 aliphatic carbocycles. The molecule has 1 fully saturated rings. The maximum absolute atomic E-state index is 13.4. The third-order valence-electron chi connectivity index (χ3n) is 5.22. The Morgan fingerprint density at radius 2 is 2.21 bits per heavy atom. The van der Waals surface area contributed by atoms with Crippen LogP contribution in [-0.4, -0.2) is 36.7 Å². The molecule has 1 aromatic carbocycles. The molecule has 0 amide bonds. The standard InChI is InChI=1S/C20H25N3O4S/c1-15-5-4-6-17(11-15)28(24,25)20(2)8-10-27-19(13-20)18-12-16(7-9-21)22-23(18)14-26-3/h4-6,11-12,19H,7-8,10,13-14H2,1-3H3. The average molecular weight is 404 g/mol. The van der Waals surface area contributed by atoms with Crippen molar-refractivity contribution in [3.05, 3.63) is 47.3 Å². The first-order chi connectivity index (χ1) is 13.3. The minimum atomic E-state index is -3.55. The molecule has 0 saturated carbocycles. The Morgan fingerprint density at radius 1 is 1.43 bits per heavy atom. The molecule has 7 nitrogen and oxygen atoms in total. The van der Waals surface area contributed by atoms with Crippen molar-refractivity contribution in [2.24, 2.45) is 0 Å². The molecule has 2 unspecified atom stereocenters. The van der Waals surface area contributed by atoms with E-state index < -0.39 is 20.7 Å². The third kappa shape index (κ3) is 3.83. The van der Waals surface area contributed by atoms with Crippen molar-refractivity contribution in [2.75, 3.05) is 13.7 Å². The minimum Gasteiger partial charge on any atom is -0.372 e. The molecule has 1 aromatic heterocycles. The molecule has 1 saturated heterocycles. The quantitative estimate of drug-likeness (QED) is 0.736. The van der Waals surface area contributed by atoms with E-state index in [0.717, 1.165) is 11.3 Å². The van der Waals surface area contributed by atoms with Crippen LogP contribution in [-0.2, 0) is 32.5 Å². The lowest BCUT2D eigenvalue weighted by atomic mass is 9.94. The van der Waals surface area contributed by atoms with Crippen LogP contribution in [0.5, 0.6) is 0 Å². The predicted octanol–water partition coefficient (Wildman–Crippen LogP) is 2.95. The second-order valence-corrected chi connectivity index (χ2v) is 9.86. The summed E-state index contributed by atoms with van der Waals surface area (Å²) in [5, 5.41) is 13.3. The summed E-state index contributed by atoms with van der Waals surface area (Å²) in [6, 6.07) is 10.9. The summed E-state index contributed by atoms with van der Waals surface area (Å²) >= 11 is 0. The Kier molecular flexibility index (Phi) is 5.89. The van der Waals surface area contributed by atoms with E-state index in [2.05, 4.69) is 11.2 Å². The molecule has 0 N–H and O–H groups in total. The predicted molar refractivity (Wildman–Crippen MR) is 103 cm³/mol. The maximum atomic E-state index is 13.4. The van der Waals surface area contributed by atoms with Gasteiger partial charge in [0.25, 0.3) is 0 Å². The largest absolute Gasteiger partial charge is 0.372 e. The lowest BCUT2D eigenvalue weighted by molar-refractivity contribution is -0.00919. The van der Waals surface area contributed by atoms with Gasteiger partial charge < -0.3 is 9.47 Å². The highest BCUT2D eigenvalue weighted by Gasteiger charge is 2.45. The molecule has 3 rings (SSSR count). The van der Waals surface area contributed by atoms with Crippen molar-refractivity contribution in [2.45, 2.75) is 55.6 Å². The molecule has 0 radical (unpaired) electrons. The van der Waals surface area contributed by atoms with Crippen LogP contribution in [0.15, 0.2) is 35.2 Å². The fourth-order valence-corrected chi connectivity index (χ4v) is 5.50. The second kappa shape index (κ2) is 8.03. The molecular formula is C20H25N3O4S. The number of methoxy groups -OCH3 is 1. The summed E-state index contributed by atoms with van der Waals surface area (Å²) in [5.41, 5.74) is 2.26. The van der Waals surface area contributed by atoms with Gasteiger partial charge in [0.15, 0.2) is 9.84 Å². The molecule has 2 aromatic rings. The van der Waals surface area contributed by atoms with E-state index in [-0.39, 0.29) is 13.2 Å². The number of ether oxygens (including phenoxy) is 2. The van der Waals surface area contributed by atoms with E-state index in [0.29, 0.717) is 30.0 Å². The Bertz CT molecular complexity index is 993. The molecule has 0 bridgehead atoms. The summed E-state index contributed by atoms with van der Waals surface area (Å²) in [7, 11) is -1.99. The van der Waals surface area contributed by atoms with E-state index in [9.17, 15) is 8.42 Å². The first kappa shape index (κ1) is 20.5. The van der Waals surface area contributed by atoms with E-state index in [1.807, 2.05) is 13.0 Å². The maximum Gasteiger partial charge on any atom is 0.184 e. The summed E-state index contributed by atoms with van der Waals surface area (Å²) in [6.07, 6.45) is 0.469. The van der Waals surface area contributed by atoms with Crippen LogP contribution in [0.25, 0.3) is 0 Å². The molecule has 2 heterocycles. The molecule has 150 valence electrons. The molecule has 8 heteroatoms. The lowest BCUT2D eigenvalue weighted by Gasteiger charge is -2.37. The van der Waals surface area contributed by atoms with Crippen LogP contribution in [0.1, 0.15) is 42.8 Å². The number of nitriles is 1. The zero-order chi connectivity index (χ0) is 20.4. The van der Waals surface area contributed by atoms with Gasteiger partial charge >= 0.3 is 0 Å². The van der Waals surface area contributed by atoms with Gasteiger partial charge in [0.1, 0.15) is 12.8 Å². The number of aromatic nitrogens is 2. The van der Waals surface area contributed by atoms with Gasteiger partial charge in [-0.25, -0.2) is 13.1 Å². The summed E-state index contributed by atoms with van der Waals surface area (Å²) in [4.78, 5) is 0.339. The van der Waals surface area contributed by atoms with Gasteiger partial charge in [-0.2, -0.15) is 10.4 Å². The van der Waals surface area contributed by atoms with E-state index in [4.69, 9.17) is 14.7 Å². The van der Waals surface area contributed by atoms with Gasteiger partial charge in [0, 0.05) is 13.7 Å². The van der Waals surface area contributed by atoms with Crippen molar-refractivity contribution in [1.82, 2.24) is 9.78 Å². The molecule has 1 aliphatic heterocycles. The van der Waals surface area contributed by atoms with Gasteiger partial charge in [0.05, 0.1) is 33.5 Å². The van der Waals surface area contributed by atoms with Gasteiger partial charge in [-0.05, 0) is 50.5 Å². The Hall–Kier alpha value is -2.21. The molecular weight excluding hydrogens is 378 g/mol. The number of aryl methyl sites for hydroxylation is 1. The Balaban J connectivity index is 1.95. The van der Waals surface area contributed by atoms with E-state index in [1.165, 1.54) is 0 Å². The first-order valence-electron chi connectivity index (χ1n) is 9.16. The number of hydrogen-bond donors (Lipinski definition) is 0. The van der Waals surface area contributed by atoms with Crippen LogP contribution < -0.4 is 0 Å². The highest BCUT2D eigenvalue weighted by molar-refractivity contribution is 7.92. The smallest absolute Gasteiger partial charge is 0.184 e. The monoisotopic (exact) mass is 403 g/mol. The number of nitrogens with zero attached hydrogens (tertiary/aromatic N) is 3. The van der Waals surface area contributed by atoms with Crippen LogP contribution >= 0.6 is 0 Å². The first-order valence-corrected chi connectivity index (χ1v) is 10.6. The SMILES string of the molecule is COCn1nc(CC#N)cc1C1CC(C)(S(=O)(=O)c2cccc(C)c2)CCO1. The van der Waals surface area contributed by atoms with Gasteiger partial charge in [-0.3, -0.25) is 0 Å². The van der Waals surface area contributed by atoms with Crippen LogP contribution in [0.2, 0.25) is 0 Å². The van der Waals surface area contributed by atoms with E-state index in [1.54, 1.807) is 43.0 Å². The topological polar surface area (TPSA) is 94.2 Å². The zero-order valence-electron chi connectivity index (χ0n) is 16.4. The molecule has 28 heavy (non-hydrogen) atoms. The van der Waals surface area contributed by atoms with Gasteiger partial charge in [-0.1, -0.05) is 12.1 Å². The molecule has 1 aliphatic rings. The third-order valence-corrected chi connectivity index (χ3v) is 7.76. The van der Waals surface area contributed by atoms with Crippen molar-refractivity contribution >= 4 is 9.84 Å². The van der Waals surface area contributed by atoms with E-state index >= 15 is 0 Å². The van der Waals surface area contributed by atoms with Crippen LogP contribution in [0.3, 0.4) is 0 Å². The van der Waals surface area contributed by atoms with Gasteiger partial charge in [-0.15, -0.1) is 0 Å². The van der Waals surface area contributed by atoms with Crippen molar-refractivity contribution < 1.29 is 17.9 Å². The number of sulfone groups is 1. The lowest BCUT2D eigenvalue weighted by Crippen LogP contribution is -2.42. The van der Waals surface area contributed by atoms with Crippen molar-refractivity contribution in [3.8, 4) is 6.07 Å².